The topological polar surface area (TPSA) is 91.7 Å². The fourth-order valence-corrected chi connectivity index (χ4v) is 4.76. The number of hydrogen-bond donors (Lipinski definition) is 2. The zero-order valence-electron chi connectivity index (χ0n) is 18.1. The van der Waals surface area contributed by atoms with E-state index in [9.17, 15) is 13.2 Å². The number of nitrogens with zero attached hydrogens (tertiary/aromatic N) is 1. The van der Waals surface area contributed by atoms with Crippen molar-refractivity contribution in [3.05, 3.63) is 83.8 Å². The number of carbonyl (C=O) groups is 1. The maximum atomic E-state index is 12.5. The average molecular weight is 474 g/mol. The molecule has 9 heteroatoms. The molecule has 0 bridgehead atoms. The Labute approximate surface area is 193 Å². The van der Waals surface area contributed by atoms with Crippen molar-refractivity contribution < 1.29 is 17.6 Å². The van der Waals surface area contributed by atoms with Crippen LogP contribution in [0.4, 0.5) is 5.69 Å². The van der Waals surface area contributed by atoms with E-state index in [0.29, 0.717) is 17.8 Å². The number of furan rings is 1. The molecule has 170 valence electrons. The van der Waals surface area contributed by atoms with Crippen LogP contribution >= 0.6 is 11.8 Å². The second-order valence-electron chi connectivity index (χ2n) is 7.41. The lowest BCUT2D eigenvalue weighted by Gasteiger charge is -2.10. The van der Waals surface area contributed by atoms with Crippen molar-refractivity contribution in [1.82, 2.24) is 10.2 Å². The summed E-state index contributed by atoms with van der Waals surface area (Å²) in [6.45, 7) is 1.26. The molecule has 0 aliphatic heterocycles. The standard InChI is InChI=1S/C23H27N3O4S2/c1-26(2)16-20-11-12-21(30-20)17-31-14-13-24-23(27)18-7-6-8-19(15-18)25-32(28,29)22-9-4-3-5-10-22/h3-12,15,25H,13-14,16-17H2,1-2H3,(H,24,27). The highest BCUT2D eigenvalue weighted by molar-refractivity contribution is 7.98. The predicted molar refractivity (Wildman–Crippen MR) is 128 cm³/mol. The minimum atomic E-state index is -3.71. The van der Waals surface area contributed by atoms with Crippen molar-refractivity contribution in [2.75, 3.05) is 31.1 Å². The Hall–Kier alpha value is -2.75. The van der Waals surface area contributed by atoms with E-state index in [2.05, 4.69) is 10.0 Å². The molecule has 3 aromatic rings. The van der Waals surface area contributed by atoms with Gasteiger partial charge in [0.15, 0.2) is 0 Å². The molecule has 0 unspecified atom stereocenters. The second kappa shape index (κ2) is 11.2. The number of rotatable bonds is 11. The van der Waals surface area contributed by atoms with Gasteiger partial charge >= 0.3 is 0 Å². The van der Waals surface area contributed by atoms with Gasteiger partial charge in [-0.3, -0.25) is 9.52 Å². The quantitative estimate of drug-likeness (QED) is 0.412. The van der Waals surface area contributed by atoms with Crippen LogP contribution in [-0.2, 0) is 22.3 Å². The van der Waals surface area contributed by atoms with Gasteiger partial charge in [-0.05, 0) is 56.6 Å². The average Bonchev–Trinajstić information content (AvgIpc) is 3.20. The van der Waals surface area contributed by atoms with Gasteiger partial charge in [-0.15, -0.1) is 0 Å². The Morgan fingerprint density at radius 2 is 1.75 bits per heavy atom. The minimum absolute atomic E-state index is 0.164. The van der Waals surface area contributed by atoms with E-state index in [1.807, 2.05) is 31.1 Å². The summed E-state index contributed by atoms with van der Waals surface area (Å²) in [7, 11) is 0.279. The van der Waals surface area contributed by atoms with E-state index >= 15 is 0 Å². The molecule has 0 atom stereocenters. The van der Waals surface area contributed by atoms with Gasteiger partial charge in [0, 0.05) is 23.5 Å². The highest BCUT2D eigenvalue weighted by Crippen LogP contribution is 2.18. The number of nitrogens with one attached hydrogen (secondary N) is 2. The van der Waals surface area contributed by atoms with Crippen LogP contribution in [0.3, 0.4) is 0 Å². The number of amides is 1. The number of carbonyl (C=O) groups excluding carboxylic acids is 1. The fourth-order valence-electron chi connectivity index (χ4n) is 2.95. The highest BCUT2D eigenvalue weighted by atomic mass is 32.2. The molecule has 32 heavy (non-hydrogen) atoms. The molecule has 0 fully saturated rings. The van der Waals surface area contributed by atoms with Crippen LogP contribution in [-0.4, -0.2) is 45.6 Å². The highest BCUT2D eigenvalue weighted by Gasteiger charge is 2.14. The van der Waals surface area contributed by atoms with Crippen molar-refractivity contribution in [3.8, 4) is 0 Å². The molecule has 2 N–H and O–H groups in total. The Morgan fingerprint density at radius 1 is 1.00 bits per heavy atom. The molecule has 1 aromatic heterocycles. The van der Waals surface area contributed by atoms with E-state index in [-0.39, 0.29) is 10.8 Å². The number of sulfonamides is 1. The third kappa shape index (κ3) is 7.15. The van der Waals surface area contributed by atoms with Crippen molar-refractivity contribution in [2.45, 2.75) is 17.2 Å². The largest absolute Gasteiger partial charge is 0.464 e. The van der Waals surface area contributed by atoms with Gasteiger partial charge in [0.05, 0.1) is 17.2 Å². The molecule has 0 saturated heterocycles. The fraction of sp³-hybridized carbons (Fsp3) is 0.261. The summed E-state index contributed by atoms with van der Waals surface area (Å²) in [5.41, 5.74) is 0.727. The van der Waals surface area contributed by atoms with Crippen molar-refractivity contribution in [2.24, 2.45) is 0 Å². The normalized spacial score (nSPS) is 11.5. The van der Waals surface area contributed by atoms with E-state index < -0.39 is 10.0 Å². The second-order valence-corrected chi connectivity index (χ2v) is 10.2. The maximum Gasteiger partial charge on any atom is 0.261 e. The van der Waals surface area contributed by atoms with E-state index in [1.165, 1.54) is 18.2 Å². The van der Waals surface area contributed by atoms with Gasteiger partial charge in [-0.2, -0.15) is 11.8 Å². The van der Waals surface area contributed by atoms with Crippen LogP contribution in [0.2, 0.25) is 0 Å². The molecule has 0 saturated carbocycles. The lowest BCUT2D eigenvalue weighted by Crippen LogP contribution is -2.26. The molecule has 0 aliphatic rings. The molecule has 1 heterocycles. The third-order valence-corrected chi connectivity index (χ3v) is 6.77. The smallest absolute Gasteiger partial charge is 0.261 e. The zero-order chi connectivity index (χ0) is 23.0. The van der Waals surface area contributed by atoms with Crippen molar-refractivity contribution in [3.63, 3.8) is 0 Å². The molecular formula is C23H27N3O4S2. The first kappa shape index (κ1) is 23.9. The Bertz CT molecular complexity index is 1130. The summed E-state index contributed by atoms with van der Waals surface area (Å²) in [5.74, 6) is 3.06. The van der Waals surface area contributed by atoms with Crippen LogP contribution in [0.5, 0.6) is 0 Å². The van der Waals surface area contributed by atoms with Crippen LogP contribution in [0, 0.1) is 0 Å². The predicted octanol–water partition coefficient (Wildman–Crippen LogP) is 3.81. The molecule has 7 nitrogen and oxygen atoms in total. The van der Waals surface area contributed by atoms with Gasteiger partial charge in [-0.1, -0.05) is 24.3 Å². The Balaban J connectivity index is 1.46. The lowest BCUT2D eigenvalue weighted by molar-refractivity contribution is 0.0956. The van der Waals surface area contributed by atoms with Gasteiger partial charge in [0.25, 0.3) is 15.9 Å². The lowest BCUT2D eigenvalue weighted by atomic mass is 10.2. The first-order chi connectivity index (χ1) is 15.3. The van der Waals surface area contributed by atoms with Crippen LogP contribution in [0.15, 0.2) is 76.0 Å². The molecule has 3 rings (SSSR count). The van der Waals surface area contributed by atoms with Crippen molar-refractivity contribution >= 4 is 33.4 Å². The number of anilines is 1. The van der Waals surface area contributed by atoms with E-state index in [4.69, 9.17) is 4.42 Å². The van der Waals surface area contributed by atoms with Crippen LogP contribution < -0.4 is 10.0 Å². The summed E-state index contributed by atoms with van der Waals surface area (Å²) < 4.78 is 33.2. The van der Waals surface area contributed by atoms with E-state index in [1.54, 1.807) is 48.2 Å². The maximum absolute atomic E-state index is 12.5. The molecule has 0 aliphatic carbocycles. The summed E-state index contributed by atoms with van der Waals surface area (Å²) in [5, 5.41) is 2.86. The molecule has 0 radical (unpaired) electrons. The third-order valence-electron chi connectivity index (χ3n) is 4.40. The number of benzene rings is 2. The minimum Gasteiger partial charge on any atom is -0.464 e. The summed E-state index contributed by atoms with van der Waals surface area (Å²) >= 11 is 1.67. The summed E-state index contributed by atoms with van der Waals surface area (Å²) in [6.07, 6.45) is 0. The van der Waals surface area contributed by atoms with Gasteiger partial charge in [0.2, 0.25) is 0 Å². The van der Waals surface area contributed by atoms with Crippen LogP contribution in [0.25, 0.3) is 0 Å². The SMILES string of the molecule is CN(C)Cc1ccc(CSCCNC(=O)c2cccc(NS(=O)(=O)c3ccccc3)c2)o1. The number of thioether (sulfide) groups is 1. The summed E-state index contributed by atoms with van der Waals surface area (Å²) in [6, 6.07) is 18.5. The summed E-state index contributed by atoms with van der Waals surface area (Å²) in [4.78, 5) is 14.7. The van der Waals surface area contributed by atoms with Gasteiger partial charge < -0.3 is 14.6 Å². The first-order valence-electron chi connectivity index (χ1n) is 10.1. The Morgan fingerprint density at radius 3 is 2.50 bits per heavy atom. The first-order valence-corrected chi connectivity index (χ1v) is 12.7. The zero-order valence-corrected chi connectivity index (χ0v) is 19.7. The molecule has 1 amide bonds. The molecule has 0 spiro atoms. The Kier molecular flexibility index (Phi) is 8.38. The van der Waals surface area contributed by atoms with E-state index in [0.717, 1.165) is 29.6 Å². The van der Waals surface area contributed by atoms with Gasteiger partial charge in [-0.25, -0.2) is 8.42 Å². The molecular weight excluding hydrogens is 446 g/mol. The van der Waals surface area contributed by atoms with Gasteiger partial charge in [0.1, 0.15) is 11.5 Å². The van der Waals surface area contributed by atoms with Crippen molar-refractivity contribution in [1.29, 1.82) is 0 Å². The number of hydrogen-bond acceptors (Lipinski definition) is 6. The van der Waals surface area contributed by atoms with Crippen LogP contribution in [0.1, 0.15) is 21.9 Å². The monoisotopic (exact) mass is 473 g/mol. The molecule has 2 aromatic carbocycles.